The van der Waals surface area contributed by atoms with Crippen LogP contribution >= 0.6 is 0 Å². The highest BCUT2D eigenvalue weighted by atomic mass is 19.3. The van der Waals surface area contributed by atoms with Gasteiger partial charge in [0.1, 0.15) is 6.54 Å². The third-order valence-corrected chi connectivity index (χ3v) is 3.93. The van der Waals surface area contributed by atoms with E-state index in [0.29, 0.717) is 18.0 Å². The van der Waals surface area contributed by atoms with E-state index in [1.807, 2.05) is 0 Å². The summed E-state index contributed by atoms with van der Waals surface area (Å²) in [5.74, 6) is -0.306. The second kappa shape index (κ2) is 9.89. The smallest absolute Gasteiger partial charge is 0.387 e. The number of nitrogens with zero attached hydrogens (tertiary/aromatic N) is 1. The van der Waals surface area contributed by atoms with Gasteiger partial charge in [0.25, 0.3) is 0 Å². The monoisotopic (exact) mass is 383 g/mol. The van der Waals surface area contributed by atoms with Gasteiger partial charge in [0.15, 0.2) is 11.5 Å². The molecule has 0 unspecified atom stereocenters. The summed E-state index contributed by atoms with van der Waals surface area (Å²) >= 11 is 0. The highest BCUT2D eigenvalue weighted by Crippen LogP contribution is 2.31. The molecule has 1 amide bonds. The van der Waals surface area contributed by atoms with Gasteiger partial charge in [0, 0.05) is 12.6 Å². The van der Waals surface area contributed by atoms with Crippen molar-refractivity contribution in [2.75, 3.05) is 26.8 Å². The summed E-state index contributed by atoms with van der Waals surface area (Å²) in [6, 6.07) is 4.36. The van der Waals surface area contributed by atoms with Gasteiger partial charge in [-0.2, -0.15) is 8.78 Å². The van der Waals surface area contributed by atoms with E-state index in [-0.39, 0.29) is 30.6 Å². The van der Waals surface area contributed by atoms with Crippen LogP contribution in [0.15, 0.2) is 24.3 Å². The number of hydrogen-bond acceptors (Lipinski definition) is 5. The fourth-order valence-corrected chi connectivity index (χ4v) is 2.46. The molecule has 6 nitrogen and oxygen atoms in total. The molecule has 0 aromatic heterocycles. The number of amides is 1. The molecular formula is C19H23F2NO5. The predicted octanol–water partition coefficient (Wildman–Crippen LogP) is 3.11. The van der Waals surface area contributed by atoms with Crippen molar-refractivity contribution in [2.45, 2.75) is 26.4 Å². The minimum atomic E-state index is -2.96. The fraction of sp³-hybridized carbons (Fsp3) is 0.474. The Kier molecular flexibility index (Phi) is 7.57. The lowest BCUT2D eigenvalue weighted by atomic mass is 10.2. The van der Waals surface area contributed by atoms with Crippen LogP contribution in [0, 0.1) is 5.92 Å². The van der Waals surface area contributed by atoms with Crippen molar-refractivity contribution in [3.63, 3.8) is 0 Å². The molecule has 0 bridgehead atoms. The first-order valence-electron chi connectivity index (χ1n) is 8.68. The molecule has 0 atom stereocenters. The molecular weight excluding hydrogens is 360 g/mol. The molecule has 1 aromatic carbocycles. The maximum atomic E-state index is 12.5. The summed E-state index contributed by atoms with van der Waals surface area (Å²) < 4.78 is 39.0. The summed E-state index contributed by atoms with van der Waals surface area (Å²) in [7, 11) is 1.34. The third-order valence-electron chi connectivity index (χ3n) is 3.93. The maximum absolute atomic E-state index is 12.5. The van der Waals surface area contributed by atoms with Gasteiger partial charge >= 0.3 is 12.6 Å². The van der Waals surface area contributed by atoms with Crippen molar-refractivity contribution in [3.05, 3.63) is 29.8 Å². The Hall–Kier alpha value is -2.64. The molecule has 8 heteroatoms. The van der Waals surface area contributed by atoms with Crippen LogP contribution in [0.2, 0.25) is 0 Å². The number of rotatable bonds is 10. The number of carbonyl (C=O) groups is 2. The summed E-state index contributed by atoms with van der Waals surface area (Å²) in [5, 5.41) is 0. The number of carbonyl (C=O) groups excluding carboxylic acids is 2. The van der Waals surface area contributed by atoms with Crippen molar-refractivity contribution < 1.29 is 32.6 Å². The van der Waals surface area contributed by atoms with E-state index in [1.165, 1.54) is 42.4 Å². The number of halogens is 2. The molecule has 0 spiro atoms. The quantitative estimate of drug-likeness (QED) is 0.459. The van der Waals surface area contributed by atoms with Gasteiger partial charge < -0.3 is 19.1 Å². The standard InChI is InChI=1S/C19H23F2NO5/c1-3-26-18(24)12-22(11-14-4-5-14)17(23)9-7-13-6-8-15(27-19(20)21)16(10-13)25-2/h6-10,14,19H,3-5,11-12H2,1-2H3/b9-7+. The molecule has 1 aliphatic carbocycles. The SMILES string of the molecule is CCOC(=O)CN(CC1CC1)C(=O)/C=C/c1ccc(OC(F)F)c(OC)c1. The van der Waals surface area contributed by atoms with Gasteiger partial charge in [-0.15, -0.1) is 0 Å². The zero-order chi connectivity index (χ0) is 19.8. The highest BCUT2D eigenvalue weighted by Gasteiger charge is 2.27. The van der Waals surface area contributed by atoms with Crippen LogP contribution in [-0.4, -0.2) is 50.2 Å². The van der Waals surface area contributed by atoms with Gasteiger partial charge in [0.2, 0.25) is 5.91 Å². The van der Waals surface area contributed by atoms with Gasteiger partial charge in [-0.3, -0.25) is 9.59 Å². The van der Waals surface area contributed by atoms with Crippen LogP contribution in [0.5, 0.6) is 11.5 Å². The van der Waals surface area contributed by atoms with E-state index in [1.54, 1.807) is 6.92 Å². The summed E-state index contributed by atoms with van der Waals surface area (Å²) in [4.78, 5) is 25.6. The summed E-state index contributed by atoms with van der Waals surface area (Å²) in [5.41, 5.74) is 0.573. The molecule has 0 N–H and O–H groups in total. The largest absolute Gasteiger partial charge is 0.493 e. The minimum Gasteiger partial charge on any atom is -0.493 e. The second-order valence-corrected chi connectivity index (χ2v) is 6.09. The molecule has 1 fully saturated rings. The maximum Gasteiger partial charge on any atom is 0.387 e. The van der Waals surface area contributed by atoms with Crippen molar-refractivity contribution in [1.82, 2.24) is 4.90 Å². The first-order valence-corrected chi connectivity index (χ1v) is 8.68. The Morgan fingerprint density at radius 3 is 2.63 bits per heavy atom. The average Bonchev–Trinajstić information content (AvgIpc) is 3.43. The molecule has 2 rings (SSSR count). The topological polar surface area (TPSA) is 65.1 Å². The third kappa shape index (κ3) is 6.88. The van der Waals surface area contributed by atoms with E-state index in [4.69, 9.17) is 9.47 Å². The normalized spacial score (nSPS) is 13.7. The molecule has 0 saturated heterocycles. The molecule has 1 aromatic rings. The lowest BCUT2D eigenvalue weighted by molar-refractivity contribution is -0.147. The minimum absolute atomic E-state index is 0.0892. The van der Waals surface area contributed by atoms with Crippen LogP contribution in [0.3, 0.4) is 0 Å². The fourth-order valence-electron chi connectivity index (χ4n) is 2.46. The number of methoxy groups -OCH3 is 1. The van der Waals surface area contributed by atoms with Crippen LogP contribution in [0.4, 0.5) is 8.78 Å². The number of esters is 1. The van der Waals surface area contributed by atoms with Crippen LogP contribution in [0.25, 0.3) is 6.08 Å². The van der Waals surface area contributed by atoms with Gasteiger partial charge in [-0.25, -0.2) is 0 Å². The van der Waals surface area contributed by atoms with Gasteiger partial charge in [-0.05, 0) is 49.5 Å². The van der Waals surface area contributed by atoms with E-state index >= 15 is 0 Å². The zero-order valence-corrected chi connectivity index (χ0v) is 15.3. The van der Waals surface area contributed by atoms with E-state index < -0.39 is 12.6 Å². The first-order chi connectivity index (χ1) is 12.9. The molecule has 0 heterocycles. The van der Waals surface area contributed by atoms with Crippen molar-refractivity contribution >= 4 is 18.0 Å². The van der Waals surface area contributed by atoms with Crippen molar-refractivity contribution in [3.8, 4) is 11.5 Å². The molecule has 1 saturated carbocycles. The number of alkyl halides is 2. The number of ether oxygens (including phenoxy) is 3. The first kappa shape index (κ1) is 20.7. The Labute approximate surface area is 156 Å². The van der Waals surface area contributed by atoms with E-state index in [0.717, 1.165) is 12.8 Å². The number of benzene rings is 1. The zero-order valence-electron chi connectivity index (χ0n) is 15.3. The Balaban J connectivity index is 2.06. The van der Waals surface area contributed by atoms with Crippen molar-refractivity contribution in [2.24, 2.45) is 5.92 Å². The van der Waals surface area contributed by atoms with Crippen molar-refractivity contribution in [1.29, 1.82) is 0 Å². The molecule has 1 aliphatic rings. The Bertz CT molecular complexity index is 689. The lowest BCUT2D eigenvalue weighted by Gasteiger charge is -2.20. The molecule has 148 valence electrons. The number of hydrogen-bond donors (Lipinski definition) is 0. The molecule has 27 heavy (non-hydrogen) atoms. The van der Waals surface area contributed by atoms with E-state index in [9.17, 15) is 18.4 Å². The van der Waals surface area contributed by atoms with Crippen LogP contribution in [0.1, 0.15) is 25.3 Å². The summed E-state index contributed by atoms with van der Waals surface area (Å²) in [6.07, 6.45) is 4.95. The second-order valence-electron chi connectivity index (χ2n) is 6.09. The Morgan fingerprint density at radius 1 is 1.30 bits per heavy atom. The van der Waals surface area contributed by atoms with Gasteiger partial charge in [0.05, 0.1) is 13.7 Å². The van der Waals surface area contributed by atoms with Gasteiger partial charge in [-0.1, -0.05) is 6.07 Å². The predicted molar refractivity (Wildman–Crippen MR) is 94.6 cm³/mol. The van der Waals surface area contributed by atoms with Crippen LogP contribution < -0.4 is 9.47 Å². The lowest BCUT2D eigenvalue weighted by Crippen LogP contribution is -2.36. The van der Waals surface area contributed by atoms with Crippen LogP contribution in [-0.2, 0) is 14.3 Å². The highest BCUT2D eigenvalue weighted by molar-refractivity contribution is 5.93. The summed E-state index contributed by atoms with van der Waals surface area (Å²) in [6.45, 7) is -0.586. The Morgan fingerprint density at radius 2 is 2.04 bits per heavy atom. The van der Waals surface area contributed by atoms with E-state index in [2.05, 4.69) is 4.74 Å². The molecule has 0 aliphatic heterocycles. The molecule has 0 radical (unpaired) electrons. The average molecular weight is 383 g/mol.